The number of hydrogen-bond donors (Lipinski definition) is 0. The van der Waals surface area contributed by atoms with Gasteiger partial charge < -0.3 is 14.5 Å². The van der Waals surface area contributed by atoms with E-state index in [4.69, 9.17) is 4.74 Å². The summed E-state index contributed by atoms with van der Waals surface area (Å²) in [6, 6.07) is 9.84. The van der Waals surface area contributed by atoms with Crippen LogP contribution in [0.15, 0.2) is 47.4 Å². The third kappa shape index (κ3) is 5.59. The second kappa shape index (κ2) is 9.60. The standard InChI is InChI=1S/C22H26F3N3O4S/c1-16-7-8-19(32-3)20(13-16)33(30,31)26(2)15-21(29)28-11-9-27(10-12-28)18-6-4-5-17(14-18)22(23,24)25/h4-8,13-14H,9-12,15H2,1-3H3. The Morgan fingerprint density at radius 1 is 1.09 bits per heavy atom. The fraction of sp³-hybridized carbons (Fsp3) is 0.409. The second-order valence-electron chi connectivity index (χ2n) is 7.83. The first-order chi connectivity index (χ1) is 15.4. The average Bonchev–Trinajstić information content (AvgIpc) is 2.78. The van der Waals surface area contributed by atoms with Crippen molar-refractivity contribution in [2.75, 3.05) is 51.8 Å². The number of piperazine rings is 1. The third-order valence-electron chi connectivity index (χ3n) is 5.54. The van der Waals surface area contributed by atoms with E-state index >= 15 is 0 Å². The molecule has 0 unspecified atom stereocenters. The lowest BCUT2D eigenvalue weighted by molar-refractivity contribution is -0.137. The van der Waals surface area contributed by atoms with Crippen LogP contribution in [-0.2, 0) is 21.0 Å². The van der Waals surface area contributed by atoms with Crippen LogP contribution in [0.4, 0.5) is 18.9 Å². The van der Waals surface area contributed by atoms with Gasteiger partial charge >= 0.3 is 6.18 Å². The van der Waals surface area contributed by atoms with Crippen LogP contribution in [0.1, 0.15) is 11.1 Å². The van der Waals surface area contributed by atoms with Crippen LogP contribution in [-0.4, -0.2) is 70.4 Å². The summed E-state index contributed by atoms with van der Waals surface area (Å²) in [7, 11) is -1.27. The number of carbonyl (C=O) groups excluding carboxylic acids is 1. The van der Waals surface area contributed by atoms with Crippen molar-refractivity contribution in [3.63, 3.8) is 0 Å². The van der Waals surface area contributed by atoms with Crippen molar-refractivity contribution in [3.05, 3.63) is 53.6 Å². The lowest BCUT2D eigenvalue weighted by Gasteiger charge is -2.36. The second-order valence-corrected chi connectivity index (χ2v) is 9.84. The lowest BCUT2D eigenvalue weighted by Crippen LogP contribution is -2.51. The highest BCUT2D eigenvalue weighted by molar-refractivity contribution is 7.89. The summed E-state index contributed by atoms with van der Waals surface area (Å²) in [5.41, 5.74) is 0.444. The number of methoxy groups -OCH3 is 1. The number of halogens is 3. The summed E-state index contributed by atoms with van der Waals surface area (Å²) in [6.07, 6.45) is -4.43. The van der Waals surface area contributed by atoms with Crippen LogP contribution in [0.3, 0.4) is 0 Å². The Morgan fingerprint density at radius 3 is 2.36 bits per heavy atom. The van der Waals surface area contributed by atoms with E-state index in [0.29, 0.717) is 18.8 Å². The van der Waals surface area contributed by atoms with Gasteiger partial charge in [0.15, 0.2) is 0 Å². The lowest BCUT2D eigenvalue weighted by atomic mass is 10.1. The van der Waals surface area contributed by atoms with E-state index < -0.39 is 21.8 Å². The predicted octanol–water partition coefficient (Wildman–Crippen LogP) is 2.99. The molecule has 0 aliphatic carbocycles. The summed E-state index contributed by atoms with van der Waals surface area (Å²) in [5, 5.41) is 0. The zero-order valence-electron chi connectivity index (χ0n) is 18.6. The average molecular weight is 486 g/mol. The summed E-state index contributed by atoms with van der Waals surface area (Å²) >= 11 is 0. The van der Waals surface area contributed by atoms with Gasteiger partial charge in [0.05, 0.1) is 19.2 Å². The number of aryl methyl sites for hydroxylation is 1. The molecule has 1 saturated heterocycles. The van der Waals surface area contributed by atoms with Crippen molar-refractivity contribution in [2.24, 2.45) is 0 Å². The topological polar surface area (TPSA) is 70.2 Å². The largest absolute Gasteiger partial charge is 0.495 e. The Kier molecular flexibility index (Phi) is 7.23. The van der Waals surface area contributed by atoms with Gasteiger partial charge in [0.25, 0.3) is 0 Å². The van der Waals surface area contributed by atoms with Crippen LogP contribution in [0.25, 0.3) is 0 Å². The van der Waals surface area contributed by atoms with Crippen LogP contribution in [0.2, 0.25) is 0 Å². The Balaban J connectivity index is 1.64. The van der Waals surface area contributed by atoms with E-state index in [1.54, 1.807) is 30.0 Å². The van der Waals surface area contributed by atoms with E-state index in [0.717, 1.165) is 22.0 Å². The number of hydrogen-bond acceptors (Lipinski definition) is 5. The molecule has 3 rings (SSSR count). The van der Waals surface area contributed by atoms with Crippen LogP contribution in [0, 0.1) is 6.92 Å². The number of alkyl halides is 3. The SMILES string of the molecule is COc1ccc(C)cc1S(=O)(=O)N(C)CC(=O)N1CCN(c2cccc(C(F)(F)F)c2)CC1. The molecule has 2 aromatic carbocycles. The highest BCUT2D eigenvalue weighted by Crippen LogP contribution is 2.32. The van der Waals surface area contributed by atoms with Gasteiger partial charge in [-0.05, 0) is 42.8 Å². The summed E-state index contributed by atoms with van der Waals surface area (Å²) in [6.45, 7) is 2.63. The third-order valence-corrected chi connectivity index (χ3v) is 7.36. The molecule has 0 saturated carbocycles. The molecule has 11 heteroatoms. The van der Waals surface area contributed by atoms with Crippen molar-refractivity contribution >= 4 is 21.6 Å². The van der Waals surface area contributed by atoms with E-state index in [1.807, 2.05) is 0 Å². The predicted molar refractivity (Wildman–Crippen MR) is 118 cm³/mol. The Hall–Kier alpha value is -2.79. The normalized spacial score (nSPS) is 15.1. The highest BCUT2D eigenvalue weighted by atomic mass is 32.2. The number of nitrogens with zero attached hydrogens (tertiary/aromatic N) is 3. The van der Waals surface area contributed by atoms with E-state index in [9.17, 15) is 26.4 Å². The molecule has 0 N–H and O–H groups in total. The van der Waals surface area contributed by atoms with Crippen LogP contribution in [0.5, 0.6) is 5.75 Å². The molecule has 0 bridgehead atoms. The molecule has 33 heavy (non-hydrogen) atoms. The maximum Gasteiger partial charge on any atom is 0.416 e. The maximum atomic E-state index is 13.0. The fourth-order valence-corrected chi connectivity index (χ4v) is 4.98. The van der Waals surface area contributed by atoms with E-state index in [2.05, 4.69) is 0 Å². The Morgan fingerprint density at radius 2 is 1.76 bits per heavy atom. The molecule has 2 aromatic rings. The van der Waals surface area contributed by atoms with Crippen molar-refractivity contribution in [2.45, 2.75) is 18.0 Å². The summed E-state index contributed by atoms with van der Waals surface area (Å²) in [4.78, 5) is 16.0. The van der Waals surface area contributed by atoms with Gasteiger partial charge in [0.2, 0.25) is 15.9 Å². The summed E-state index contributed by atoms with van der Waals surface area (Å²) < 4.78 is 71.1. The van der Waals surface area contributed by atoms with E-state index in [-0.39, 0.29) is 36.2 Å². The number of benzene rings is 2. The van der Waals surface area contributed by atoms with Gasteiger partial charge in [-0.25, -0.2) is 8.42 Å². The number of rotatable bonds is 6. The smallest absolute Gasteiger partial charge is 0.416 e. The van der Waals surface area contributed by atoms with Crippen molar-refractivity contribution < 1.29 is 31.1 Å². The number of likely N-dealkylation sites (N-methyl/N-ethyl adjacent to an activating group) is 1. The Labute approximate surface area is 191 Å². The molecule has 1 heterocycles. The molecule has 1 amide bonds. The van der Waals surface area contributed by atoms with Crippen LogP contribution < -0.4 is 9.64 Å². The first-order valence-electron chi connectivity index (χ1n) is 10.2. The number of ether oxygens (including phenoxy) is 1. The molecule has 1 aliphatic heterocycles. The van der Waals surface area contributed by atoms with Gasteiger partial charge in [-0.1, -0.05) is 12.1 Å². The van der Waals surface area contributed by atoms with Crippen LogP contribution >= 0.6 is 0 Å². The number of carbonyl (C=O) groups is 1. The van der Waals surface area contributed by atoms with Crippen molar-refractivity contribution in [3.8, 4) is 5.75 Å². The molecular formula is C22H26F3N3O4S. The zero-order chi connectivity index (χ0) is 24.4. The first kappa shape index (κ1) is 24.8. The van der Waals surface area contributed by atoms with Gasteiger partial charge in [-0.3, -0.25) is 4.79 Å². The molecule has 180 valence electrons. The molecule has 1 aliphatic rings. The molecule has 0 aromatic heterocycles. The fourth-order valence-electron chi connectivity index (χ4n) is 3.62. The molecule has 7 nitrogen and oxygen atoms in total. The minimum atomic E-state index is -4.43. The summed E-state index contributed by atoms with van der Waals surface area (Å²) in [5.74, 6) is -0.189. The van der Waals surface area contributed by atoms with Crippen molar-refractivity contribution in [1.82, 2.24) is 9.21 Å². The van der Waals surface area contributed by atoms with Crippen molar-refractivity contribution in [1.29, 1.82) is 0 Å². The molecule has 0 spiro atoms. The monoisotopic (exact) mass is 485 g/mol. The van der Waals surface area contributed by atoms with Gasteiger partial charge in [-0.2, -0.15) is 17.5 Å². The van der Waals surface area contributed by atoms with E-state index in [1.165, 1.54) is 31.2 Å². The molecular weight excluding hydrogens is 459 g/mol. The molecule has 0 radical (unpaired) electrons. The highest BCUT2D eigenvalue weighted by Gasteiger charge is 2.32. The van der Waals surface area contributed by atoms with Gasteiger partial charge in [0, 0.05) is 38.9 Å². The number of sulfonamides is 1. The van der Waals surface area contributed by atoms with Gasteiger partial charge in [-0.15, -0.1) is 0 Å². The minimum absolute atomic E-state index is 0.0188. The number of amides is 1. The molecule has 1 fully saturated rings. The first-order valence-corrected chi connectivity index (χ1v) is 11.7. The zero-order valence-corrected chi connectivity index (χ0v) is 19.4. The Bertz CT molecular complexity index is 1110. The van der Waals surface area contributed by atoms with Gasteiger partial charge in [0.1, 0.15) is 10.6 Å². The maximum absolute atomic E-state index is 13.0. The number of anilines is 1. The molecule has 0 atom stereocenters. The quantitative estimate of drug-likeness (QED) is 0.629. The minimum Gasteiger partial charge on any atom is -0.495 e.